The summed E-state index contributed by atoms with van der Waals surface area (Å²) in [6.07, 6.45) is 1.82. The molecule has 0 aliphatic rings. The molecule has 0 spiro atoms. The molecule has 0 bridgehead atoms. The largest absolute Gasteiger partial charge is 0.496 e. The van der Waals surface area contributed by atoms with Crippen LogP contribution >= 0.6 is 0 Å². The summed E-state index contributed by atoms with van der Waals surface area (Å²) in [5.41, 5.74) is 1.72. The van der Waals surface area contributed by atoms with Crippen LogP contribution in [0.2, 0.25) is 0 Å². The van der Waals surface area contributed by atoms with E-state index in [4.69, 9.17) is 4.74 Å². The van der Waals surface area contributed by atoms with Crippen LogP contribution in [0.5, 0.6) is 5.75 Å². The molecule has 109 valence electrons. The van der Waals surface area contributed by atoms with Gasteiger partial charge in [0.05, 0.1) is 17.8 Å². The van der Waals surface area contributed by atoms with Gasteiger partial charge in [0.2, 0.25) is 6.29 Å². The zero-order valence-corrected chi connectivity index (χ0v) is 12.6. The summed E-state index contributed by atoms with van der Waals surface area (Å²) in [6, 6.07) is 11.5. The van der Waals surface area contributed by atoms with Crippen molar-refractivity contribution >= 4 is 16.1 Å². The number of methoxy groups -OCH3 is 1. The quantitative estimate of drug-likeness (QED) is 0.852. The fraction of sp³-hybridized carbons (Fsp3) is 0.188. The van der Waals surface area contributed by atoms with Crippen LogP contribution in [0.4, 0.5) is 0 Å². The minimum Gasteiger partial charge on any atom is -0.496 e. The molecule has 5 heteroatoms. The predicted octanol–water partition coefficient (Wildman–Crippen LogP) is 2.61. The van der Waals surface area contributed by atoms with Crippen LogP contribution in [0.1, 0.15) is 12.5 Å². The highest BCUT2D eigenvalue weighted by Gasteiger charge is 2.14. The molecule has 0 amide bonds. The van der Waals surface area contributed by atoms with Crippen molar-refractivity contribution in [3.63, 3.8) is 0 Å². The average molecular weight is 303 g/mol. The van der Waals surface area contributed by atoms with E-state index < -0.39 is 9.84 Å². The maximum absolute atomic E-state index is 12.0. The first-order chi connectivity index (χ1) is 10.0. The number of sulfone groups is 1. The van der Waals surface area contributed by atoms with E-state index in [-0.39, 0.29) is 10.6 Å². The molecule has 2 aromatic rings. The first-order valence-electron chi connectivity index (χ1n) is 6.41. The lowest BCUT2D eigenvalue weighted by atomic mass is 10.0. The molecule has 0 N–H and O–H groups in total. The SMILES string of the molecule is CCS(=O)(=O)c1cccc(-c2cc([C]=O)ccc2OC)c1. The van der Waals surface area contributed by atoms with Crippen LogP contribution in [-0.2, 0) is 14.6 Å². The van der Waals surface area contributed by atoms with E-state index in [9.17, 15) is 13.2 Å². The first-order valence-corrected chi connectivity index (χ1v) is 8.06. The summed E-state index contributed by atoms with van der Waals surface area (Å²) in [6.45, 7) is 1.60. The van der Waals surface area contributed by atoms with Crippen molar-refractivity contribution in [2.75, 3.05) is 12.9 Å². The Hall–Kier alpha value is -2.14. The van der Waals surface area contributed by atoms with E-state index in [1.807, 2.05) is 6.29 Å². The smallest absolute Gasteiger partial charge is 0.233 e. The molecule has 0 saturated carbocycles. The molecule has 1 radical (unpaired) electrons. The third-order valence-corrected chi connectivity index (χ3v) is 4.93. The highest BCUT2D eigenvalue weighted by atomic mass is 32.2. The highest BCUT2D eigenvalue weighted by molar-refractivity contribution is 7.91. The van der Waals surface area contributed by atoms with Crippen molar-refractivity contribution in [1.82, 2.24) is 0 Å². The molecular weight excluding hydrogens is 288 g/mol. The maximum atomic E-state index is 12.0. The van der Waals surface area contributed by atoms with Gasteiger partial charge in [0.25, 0.3) is 0 Å². The van der Waals surface area contributed by atoms with E-state index in [0.717, 1.165) is 0 Å². The molecule has 0 fully saturated rings. The topological polar surface area (TPSA) is 60.4 Å². The molecule has 2 rings (SSSR count). The second-order valence-electron chi connectivity index (χ2n) is 4.45. The Balaban J connectivity index is 2.62. The second kappa shape index (κ2) is 6.10. The molecule has 0 heterocycles. The van der Waals surface area contributed by atoms with Crippen LogP contribution in [0, 0.1) is 0 Å². The molecule has 21 heavy (non-hydrogen) atoms. The van der Waals surface area contributed by atoms with E-state index in [0.29, 0.717) is 22.4 Å². The predicted molar refractivity (Wildman–Crippen MR) is 81.0 cm³/mol. The van der Waals surface area contributed by atoms with Gasteiger partial charge in [0.1, 0.15) is 5.75 Å². The van der Waals surface area contributed by atoms with Crippen molar-refractivity contribution in [3.05, 3.63) is 48.0 Å². The van der Waals surface area contributed by atoms with Crippen LogP contribution in [0.15, 0.2) is 47.4 Å². The third kappa shape index (κ3) is 3.13. The third-order valence-electron chi connectivity index (χ3n) is 3.20. The van der Waals surface area contributed by atoms with Crippen molar-refractivity contribution in [1.29, 1.82) is 0 Å². The molecule has 0 atom stereocenters. The summed E-state index contributed by atoms with van der Waals surface area (Å²) in [5, 5.41) is 0. The lowest BCUT2D eigenvalue weighted by Gasteiger charge is -2.10. The fourth-order valence-electron chi connectivity index (χ4n) is 2.02. The zero-order valence-electron chi connectivity index (χ0n) is 11.8. The van der Waals surface area contributed by atoms with E-state index >= 15 is 0 Å². The van der Waals surface area contributed by atoms with Crippen LogP contribution in [-0.4, -0.2) is 27.6 Å². The lowest BCUT2D eigenvalue weighted by molar-refractivity contribution is 0.416. The number of hydrogen-bond donors (Lipinski definition) is 0. The number of ether oxygens (including phenoxy) is 1. The Labute approximate surface area is 124 Å². The minimum absolute atomic E-state index is 0.0374. The Morgan fingerprint density at radius 3 is 2.52 bits per heavy atom. The van der Waals surface area contributed by atoms with E-state index in [1.165, 1.54) is 7.11 Å². The Kier molecular flexibility index (Phi) is 4.43. The number of hydrogen-bond acceptors (Lipinski definition) is 4. The van der Waals surface area contributed by atoms with Crippen LogP contribution in [0.25, 0.3) is 11.1 Å². The van der Waals surface area contributed by atoms with Gasteiger partial charge >= 0.3 is 0 Å². The summed E-state index contributed by atoms with van der Waals surface area (Å²) in [4.78, 5) is 11.1. The van der Waals surface area contributed by atoms with Crippen LogP contribution in [0.3, 0.4) is 0 Å². The normalized spacial score (nSPS) is 11.1. The Bertz CT molecular complexity index is 764. The van der Waals surface area contributed by atoms with Crippen molar-refractivity contribution in [2.24, 2.45) is 0 Å². The van der Waals surface area contributed by atoms with Gasteiger partial charge in [-0.15, -0.1) is 0 Å². The molecule has 0 aliphatic carbocycles. The maximum Gasteiger partial charge on any atom is 0.233 e. The molecular formula is C16H15O4S. The first kappa shape index (κ1) is 15.3. The second-order valence-corrected chi connectivity index (χ2v) is 6.73. The van der Waals surface area contributed by atoms with Crippen molar-refractivity contribution in [3.8, 4) is 16.9 Å². The van der Waals surface area contributed by atoms with E-state index in [1.54, 1.807) is 49.4 Å². The Morgan fingerprint density at radius 1 is 1.14 bits per heavy atom. The summed E-state index contributed by atoms with van der Waals surface area (Å²) < 4.78 is 29.2. The molecule has 0 aromatic heterocycles. The lowest BCUT2D eigenvalue weighted by Crippen LogP contribution is -2.03. The van der Waals surface area contributed by atoms with Crippen LogP contribution < -0.4 is 4.74 Å². The molecule has 2 aromatic carbocycles. The van der Waals surface area contributed by atoms with Gasteiger partial charge in [-0.05, 0) is 35.9 Å². The summed E-state index contributed by atoms with van der Waals surface area (Å²) >= 11 is 0. The summed E-state index contributed by atoms with van der Waals surface area (Å²) in [5.74, 6) is 0.607. The van der Waals surface area contributed by atoms with Gasteiger partial charge in [-0.25, -0.2) is 8.42 Å². The fourth-order valence-corrected chi connectivity index (χ4v) is 2.95. The van der Waals surface area contributed by atoms with Gasteiger partial charge in [-0.3, -0.25) is 4.79 Å². The van der Waals surface area contributed by atoms with Gasteiger partial charge in [-0.1, -0.05) is 19.1 Å². The van der Waals surface area contributed by atoms with Gasteiger partial charge in [0.15, 0.2) is 9.84 Å². The number of carbonyl (C=O) groups excluding carboxylic acids is 1. The number of benzene rings is 2. The Morgan fingerprint density at radius 2 is 1.90 bits per heavy atom. The zero-order chi connectivity index (χ0) is 15.5. The summed E-state index contributed by atoms with van der Waals surface area (Å²) in [7, 11) is -1.76. The molecule has 4 nitrogen and oxygen atoms in total. The highest BCUT2D eigenvalue weighted by Crippen LogP contribution is 2.32. The van der Waals surface area contributed by atoms with Gasteiger partial charge < -0.3 is 4.74 Å². The standard InChI is InChI=1S/C16H15O4S/c1-3-21(18,19)14-6-4-5-13(10-14)15-9-12(11-17)7-8-16(15)20-2/h4-10H,3H2,1-2H3. The van der Waals surface area contributed by atoms with E-state index in [2.05, 4.69) is 0 Å². The average Bonchev–Trinajstić information content (AvgIpc) is 2.54. The molecule has 0 saturated heterocycles. The number of rotatable bonds is 5. The van der Waals surface area contributed by atoms with Gasteiger partial charge in [0, 0.05) is 11.1 Å². The minimum atomic E-state index is -3.28. The van der Waals surface area contributed by atoms with Crippen molar-refractivity contribution in [2.45, 2.75) is 11.8 Å². The monoisotopic (exact) mass is 303 g/mol. The molecule has 0 aliphatic heterocycles. The van der Waals surface area contributed by atoms with Gasteiger partial charge in [-0.2, -0.15) is 0 Å². The molecule has 0 unspecified atom stereocenters. The van der Waals surface area contributed by atoms with Crippen molar-refractivity contribution < 1.29 is 17.9 Å².